The molecule has 1 fully saturated rings. The molecule has 1 aromatic carbocycles. The number of nitrogens with zero attached hydrogens (tertiary/aromatic N) is 4. The van der Waals surface area contributed by atoms with E-state index >= 15 is 0 Å². The van der Waals surface area contributed by atoms with Gasteiger partial charge in [0.05, 0.1) is 6.54 Å². The molecular weight excluding hydrogens is 368 g/mol. The van der Waals surface area contributed by atoms with Crippen LogP contribution in [-0.4, -0.2) is 66.9 Å². The van der Waals surface area contributed by atoms with Crippen LogP contribution in [-0.2, 0) is 16.1 Å². The van der Waals surface area contributed by atoms with Crippen LogP contribution in [0.1, 0.15) is 5.01 Å². The summed E-state index contributed by atoms with van der Waals surface area (Å²) < 4.78 is 4.96. The van der Waals surface area contributed by atoms with Gasteiger partial charge >= 0.3 is 6.03 Å². The number of hydrogen-bond donors (Lipinski definition) is 2. The molecule has 0 radical (unpaired) electrons. The lowest BCUT2D eigenvalue weighted by Crippen LogP contribution is -2.52. The smallest absolute Gasteiger partial charge is 0.317 e. The first-order chi connectivity index (χ1) is 13.2. The molecule has 0 saturated carbocycles. The molecule has 0 aliphatic carbocycles. The van der Waals surface area contributed by atoms with Gasteiger partial charge in [-0.05, 0) is 12.1 Å². The molecule has 3 amide bonds. The molecule has 27 heavy (non-hydrogen) atoms. The Morgan fingerprint density at radius 3 is 2.59 bits per heavy atom. The fourth-order valence-corrected chi connectivity index (χ4v) is 3.45. The van der Waals surface area contributed by atoms with Crippen molar-refractivity contribution in [3.05, 3.63) is 35.3 Å². The zero-order valence-corrected chi connectivity index (χ0v) is 15.9. The number of urea groups is 1. The molecular formula is C17H22N6O3S. The number of hydrogen-bond acceptors (Lipinski definition) is 7. The molecule has 9 nitrogen and oxygen atoms in total. The van der Waals surface area contributed by atoms with Crippen molar-refractivity contribution in [2.75, 3.05) is 50.1 Å². The zero-order chi connectivity index (χ0) is 19.1. The number of anilines is 2. The molecule has 144 valence electrons. The van der Waals surface area contributed by atoms with E-state index < -0.39 is 0 Å². The Balaban J connectivity index is 1.39. The number of methoxy groups -OCH3 is 1. The van der Waals surface area contributed by atoms with Gasteiger partial charge in [-0.25, -0.2) is 4.79 Å². The maximum atomic E-state index is 12.3. The minimum Gasteiger partial charge on any atom is -0.377 e. The summed E-state index contributed by atoms with van der Waals surface area (Å²) in [6.07, 6.45) is 0. The van der Waals surface area contributed by atoms with Gasteiger partial charge in [-0.1, -0.05) is 29.5 Å². The second-order valence-electron chi connectivity index (χ2n) is 5.95. The van der Waals surface area contributed by atoms with Crippen molar-refractivity contribution in [1.29, 1.82) is 0 Å². The van der Waals surface area contributed by atoms with Crippen molar-refractivity contribution in [2.45, 2.75) is 6.61 Å². The molecule has 1 aliphatic rings. The van der Waals surface area contributed by atoms with Gasteiger partial charge in [-0.15, -0.1) is 10.2 Å². The van der Waals surface area contributed by atoms with E-state index in [4.69, 9.17) is 4.74 Å². The number of benzene rings is 1. The van der Waals surface area contributed by atoms with Crippen molar-refractivity contribution in [3.63, 3.8) is 0 Å². The van der Waals surface area contributed by atoms with Gasteiger partial charge in [0.25, 0.3) is 0 Å². The Hall–Kier alpha value is -2.72. The Morgan fingerprint density at radius 1 is 1.15 bits per heavy atom. The molecule has 10 heteroatoms. The van der Waals surface area contributed by atoms with E-state index in [1.54, 1.807) is 12.0 Å². The first kappa shape index (κ1) is 19.1. The highest BCUT2D eigenvalue weighted by atomic mass is 32.1. The normalized spacial score (nSPS) is 14.1. The van der Waals surface area contributed by atoms with Gasteiger partial charge < -0.3 is 19.9 Å². The lowest BCUT2D eigenvalue weighted by Gasteiger charge is -2.36. The van der Waals surface area contributed by atoms with Crippen LogP contribution in [0.3, 0.4) is 0 Å². The molecule has 0 spiro atoms. The van der Waals surface area contributed by atoms with Crippen molar-refractivity contribution >= 4 is 34.1 Å². The first-order valence-electron chi connectivity index (χ1n) is 8.59. The van der Waals surface area contributed by atoms with Crippen LogP contribution in [0.2, 0.25) is 0 Å². The second kappa shape index (κ2) is 9.28. The van der Waals surface area contributed by atoms with Gasteiger partial charge in [0.15, 0.2) is 0 Å². The SMILES string of the molecule is COCc1nnc(NC(=O)CNC(=O)N2CCN(c3ccccc3)CC2)s1. The maximum absolute atomic E-state index is 12.3. The molecule has 0 unspecified atom stereocenters. The van der Waals surface area contributed by atoms with E-state index in [1.807, 2.05) is 18.2 Å². The standard InChI is InChI=1S/C17H22N6O3S/c1-26-12-15-20-21-16(27-15)19-14(24)11-18-17(25)23-9-7-22(8-10-23)13-5-3-2-4-6-13/h2-6H,7-12H2,1H3,(H,18,25)(H,19,21,24). The summed E-state index contributed by atoms with van der Waals surface area (Å²) >= 11 is 1.24. The second-order valence-corrected chi connectivity index (χ2v) is 7.01. The molecule has 3 rings (SSSR count). The summed E-state index contributed by atoms with van der Waals surface area (Å²) in [5, 5.41) is 14.1. The largest absolute Gasteiger partial charge is 0.377 e. The summed E-state index contributed by atoms with van der Waals surface area (Å²) in [5.41, 5.74) is 1.15. The summed E-state index contributed by atoms with van der Waals surface area (Å²) in [7, 11) is 1.56. The molecule has 0 atom stereocenters. The van der Waals surface area contributed by atoms with Gasteiger partial charge in [0.1, 0.15) is 11.6 Å². The Labute approximate surface area is 161 Å². The van der Waals surface area contributed by atoms with Crippen LogP contribution in [0.4, 0.5) is 15.6 Å². The number of rotatable bonds is 6. The van der Waals surface area contributed by atoms with E-state index in [0.717, 1.165) is 18.8 Å². The number of piperazine rings is 1. The van der Waals surface area contributed by atoms with Crippen LogP contribution >= 0.6 is 11.3 Å². The Kier molecular flexibility index (Phi) is 6.55. The topological polar surface area (TPSA) is 99.7 Å². The van der Waals surface area contributed by atoms with Crippen molar-refractivity contribution in [1.82, 2.24) is 20.4 Å². The minimum atomic E-state index is -0.341. The average Bonchev–Trinajstić information content (AvgIpc) is 3.14. The number of nitrogens with one attached hydrogen (secondary N) is 2. The van der Waals surface area contributed by atoms with Gasteiger partial charge in [0, 0.05) is 39.0 Å². The summed E-state index contributed by atoms with van der Waals surface area (Å²) in [4.78, 5) is 28.2. The fraction of sp³-hybridized carbons (Fsp3) is 0.412. The van der Waals surface area contributed by atoms with Crippen molar-refractivity contribution in [2.24, 2.45) is 0 Å². The number of carbonyl (C=O) groups is 2. The number of aromatic nitrogens is 2. The lowest BCUT2D eigenvalue weighted by atomic mass is 10.2. The molecule has 2 aromatic rings. The van der Waals surface area contributed by atoms with E-state index in [-0.39, 0.29) is 18.5 Å². The number of amides is 3. The molecule has 1 aromatic heterocycles. The molecule has 2 N–H and O–H groups in total. The minimum absolute atomic E-state index is 0.114. The summed E-state index contributed by atoms with van der Waals surface area (Å²) in [6.45, 7) is 2.97. The number of ether oxygens (including phenoxy) is 1. The fourth-order valence-electron chi connectivity index (χ4n) is 2.72. The zero-order valence-electron chi connectivity index (χ0n) is 15.1. The molecule has 1 aliphatic heterocycles. The van der Waals surface area contributed by atoms with Gasteiger partial charge in [-0.3, -0.25) is 10.1 Å². The van der Waals surface area contributed by atoms with E-state index in [9.17, 15) is 9.59 Å². The van der Waals surface area contributed by atoms with Crippen molar-refractivity contribution < 1.29 is 14.3 Å². The maximum Gasteiger partial charge on any atom is 0.317 e. The van der Waals surface area contributed by atoms with E-state index in [2.05, 4.69) is 37.9 Å². The predicted octanol–water partition coefficient (Wildman–Crippen LogP) is 1.15. The molecule has 1 saturated heterocycles. The number of para-hydroxylation sites is 1. The van der Waals surface area contributed by atoms with Crippen LogP contribution in [0, 0.1) is 0 Å². The average molecular weight is 390 g/mol. The Morgan fingerprint density at radius 2 is 1.89 bits per heavy atom. The number of carbonyl (C=O) groups excluding carboxylic acids is 2. The van der Waals surface area contributed by atoms with Gasteiger partial charge in [0.2, 0.25) is 11.0 Å². The summed E-state index contributed by atoms with van der Waals surface area (Å²) in [5.74, 6) is -0.341. The van der Waals surface area contributed by atoms with E-state index in [1.165, 1.54) is 11.3 Å². The third-order valence-corrected chi connectivity index (χ3v) is 4.88. The summed E-state index contributed by atoms with van der Waals surface area (Å²) in [6, 6.07) is 9.87. The van der Waals surface area contributed by atoms with Crippen LogP contribution < -0.4 is 15.5 Å². The monoisotopic (exact) mass is 390 g/mol. The predicted molar refractivity (Wildman–Crippen MR) is 103 cm³/mol. The van der Waals surface area contributed by atoms with Crippen LogP contribution in [0.5, 0.6) is 0 Å². The third kappa shape index (κ3) is 5.38. The highest BCUT2D eigenvalue weighted by molar-refractivity contribution is 7.15. The molecule has 2 heterocycles. The van der Waals surface area contributed by atoms with Crippen LogP contribution in [0.15, 0.2) is 30.3 Å². The van der Waals surface area contributed by atoms with E-state index in [0.29, 0.717) is 29.8 Å². The third-order valence-electron chi connectivity index (χ3n) is 4.07. The highest BCUT2D eigenvalue weighted by Crippen LogP contribution is 2.16. The van der Waals surface area contributed by atoms with Crippen LogP contribution in [0.25, 0.3) is 0 Å². The lowest BCUT2D eigenvalue weighted by molar-refractivity contribution is -0.115. The van der Waals surface area contributed by atoms with Crippen molar-refractivity contribution in [3.8, 4) is 0 Å². The highest BCUT2D eigenvalue weighted by Gasteiger charge is 2.21. The quantitative estimate of drug-likeness (QED) is 0.768. The molecule has 0 bridgehead atoms. The Bertz CT molecular complexity index is 761. The van der Waals surface area contributed by atoms with Gasteiger partial charge in [-0.2, -0.15) is 0 Å². The first-order valence-corrected chi connectivity index (χ1v) is 9.41.